The van der Waals surface area contributed by atoms with Crippen LogP contribution in [0, 0.1) is 6.92 Å². The van der Waals surface area contributed by atoms with E-state index in [9.17, 15) is 4.79 Å². The molecule has 0 bridgehead atoms. The molecule has 0 spiro atoms. The molecule has 0 aliphatic carbocycles. The minimum atomic E-state index is -0.0690. The van der Waals surface area contributed by atoms with E-state index < -0.39 is 0 Å². The Morgan fingerprint density at radius 3 is 2.83 bits per heavy atom. The van der Waals surface area contributed by atoms with E-state index in [1.807, 2.05) is 25.1 Å². The van der Waals surface area contributed by atoms with Crippen LogP contribution < -0.4 is 9.64 Å². The third-order valence-corrected chi connectivity index (χ3v) is 6.40. The average Bonchev–Trinajstić information content (AvgIpc) is 3.33. The van der Waals surface area contributed by atoms with Crippen molar-refractivity contribution in [3.05, 3.63) is 35.7 Å². The van der Waals surface area contributed by atoms with E-state index in [4.69, 9.17) is 14.5 Å². The van der Waals surface area contributed by atoms with Crippen LogP contribution in [0.5, 0.6) is 5.75 Å². The van der Waals surface area contributed by atoms with E-state index in [2.05, 4.69) is 10.00 Å². The number of nitrogens with zero attached hydrogens (tertiary/aromatic N) is 5. The van der Waals surface area contributed by atoms with Gasteiger partial charge in [0, 0.05) is 39.3 Å². The molecule has 1 aliphatic rings. The second-order valence-electron chi connectivity index (χ2n) is 7.39. The van der Waals surface area contributed by atoms with Crippen molar-refractivity contribution in [2.24, 2.45) is 7.05 Å². The molecule has 8 nitrogen and oxygen atoms in total. The van der Waals surface area contributed by atoms with Gasteiger partial charge in [0.1, 0.15) is 11.4 Å². The van der Waals surface area contributed by atoms with Crippen LogP contribution in [0.15, 0.2) is 24.4 Å². The number of rotatable bonds is 7. The lowest BCUT2D eigenvalue weighted by Crippen LogP contribution is -2.39. The zero-order valence-electron chi connectivity index (χ0n) is 17.6. The van der Waals surface area contributed by atoms with Gasteiger partial charge < -0.3 is 9.47 Å². The molecule has 30 heavy (non-hydrogen) atoms. The molecule has 1 aromatic carbocycles. The predicted octanol–water partition coefficient (Wildman–Crippen LogP) is 2.72. The van der Waals surface area contributed by atoms with E-state index in [1.165, 1.54) is 11.3 Å². The van der Waals surface area contributed by atoms with Gasteiger partial charge in [-0.1, -0.05) is 11.3 Å². The Balaban J connectivity index is 1.60. The maximum Gasteiger partial charge on any atom is 0.278 e. The number of morpholine rings is 1. The smallest absolute Gasteiger partial charge is 0.278 e. The van der Waals surface area contributed by atoms with E-state index in [-0.39, 0.29) is 5.91 Å². The SMILES string of the molecule is COc1ccc2sc(N(CCCN3CCOCC3)C(=O)c3c(C)cnn3C)nc2c1. The second-order valence-corrected chi connectivity index (χ2v) is 8.40. The summed E-state index contributed by atoms with van der Waals surface area (Å²) >= 11 is 1.52. The molecule has 1 saturated heterocycles. The van der Waals surface area contributed by atoms with E-state index in [0.717, 1.165) is 60.8 Å². The second kappa shape index (κ2) is 9.11. The Morgan fingerprint density at radius 1 is 1.33 bits per heavy atom. The molecule has 3 heterocycles. The van der Waals surface area contributed by atoms with Crippen molar-refractivity contribution in [1.29, 1.82) is 0 Å². The van der Waals surface area contributed by atoms with Crippen molar-refractivity contribution in [2.75, 3.05) is 51.4 Å². The fourth-order valence-corrected chi connectivity index (χ4v) is 4.65. The minimum absolute atomic E-state index is 0.0690. The molecule has 1 amide bonds. The molecular weight excluding hydrogens is 402 g/mol. The first kappa shape index (κ1) is 20.8. The van der Waals surface area contributed by atoms with Crippen LogP contribution in [0.3, 0.4) is 0 Å². The summed E-state index contributed by atoms with van der Waals surface area (Å²) in [6.45, 7) is 6.86. The number of hydrogen-bond acceptors (Lipinski definition) is 7. The van der Waals surface area contributed by atoms with Crippen LogP contribution in [-0.2, 0) is 11.8 Å². The number of methoxy groups -OCH3 is 1. The molecule has 4 rings (SSSR count). The van der Waals surface area contributed by atoms with Crippen LogP contribution in [-0.4, -0.2) is 72.1 Å². The number of hydrogen-bond donors (Lipinski definition) is 0. The van der Waals surface area contributed by atoms with Gasteiger partial charge in [-0.2, -0.15) is 5.10 Å². The highest BCUT2D eigenvalue weighted by Crippen LogP contribution is 2.32. The molecule has 1 fully saturated rings. The maximum atomic E-state index is 13.5. The molecule has 0 saturated carbocycles. The minimum Gasteiger partial charge on any atom is -0.497 e. The number of aryl methyl sites for hydroxylation is 2. The molecule has 160 valence electrons. The Bertz CT molecular complexity index is 1010. The molecule has 0 unspecified atom stereocenters. The van der Waals surface area contributed by atoms with Gasteiger partial charge in [-0.15, -0.1) is 0 Å². The van der Waals surface area contributed by atoms with Crippen molar-refractivity contribution in [3.8, 4) is 5.75 Å². The molecule has 0 radical (unpaired) electrons. The van der Waals surface area contributed by atoms with Crippen LogP contribution in [0.1, 0.15) is 22.5 Å². The number of aromatic nitrogens is 3. The molecule has 9 heteroatoms. The summed E-state index contributed by atoms with van der Waals surface area (Å²) in [5.41, 5.74) is 2.30. The van der Waals surface area contributed by atoms with Crippen LogP contribution >= 0.6 is 11.3 Å². The zero-order valence-corrected chi connectivity index (χ0v) is 18.4. The van der Waals surface area contributed by atoms with Gasteiger partial charge in [0.15, 0.2) is 5.13 Å². The topological polar surface area (TPSA) is 72.7 Å². The van der Waals surface area contributed by atoms with Gasteiger partial charge in [-0.3, -0.25) is 19.3 Å². The van der Waals surface area contributed by atoms with Gasteiger partial charge >= 0.3 is 0 Å². The lowest BCUT2D eigenvalue weighted by molar-refractivity contribution is 0.0376. The standard InChI is InChI=1S/C21H27N5O3S/c1-15-14-22-24(2)19(15)20(27)26(8-4-7-25-9-11-29-12-10-25)21-23-17-13-16(28-3)5-6-18(17)30-21/h5-6,13-14H,4,7-12H2,1-3H3. The first-order valence-corrected chi connectivity index (χ1v) is 10.9. The number of amides is 1. The fraction of sp³-hybridized carbons (Fsp3) is 0.476. The van der Waals surface area contributed by atoms with Crippen LogP contribution in [0.2, 0.25) is 0 Å². The van der Waals surface area contributed by atoms with Crippen LogP contribution in [0.4, 0.5) is 5.13 Å². The highest BCUT2D eigenvalue weighted by Gasteiger charge is 2.25. The summed E-state index contributed by atoms with van der Waals surface area (Å²) in [5.74, 6) is 0.688. The summed E-state index contributed by atoms with van der Waals surface area (Å²) in [4.78, 5) is 22.4. The summed E-state index contributed by atoms with van der Waals surface area (Å²) in [6, 6.07) is 5.81. The van der Waals surface area contributed by atoms with E-state index in [0.29, 0.717) is 17.4 Å². The molecule has 1 aliphatic heterocycles. The molecule has 2 aromatic heterocycles. The van der Waals surface area contributed by atoms with E-state index in [1.54, 1.807) is 29.9 Å². The molecule has 3 aromatic rings. The number of fused-ring (bicyclic) bond motifs is 1. The Morgan fingerprint density at radius 2 is 2.13 bits per heavy atom. The molecule has 0 atom stereocenters. The number of carbonyl (C=O) groups is 1. The lowest BCUT2D eigenvalue weighted by atomic mass is 10.2. The Kier molecular flexibility index (Phi) is 6.31. The fourth-order valence-electron chi connectivity index (χ4n) is 3.68. The van der Waals surface area contributed by atoms with Gasteiger partial charge in [-0.05, 0) is 31.0 Å². The van der Waals surface area contributed by atoms with E-state index >= 15 is 0 Å². The first-order valence-electron chi connectivity index (χ1n) is 10.1. The Hall–Kier alpha value is -2.49. The third kappa shape index (κ3) is 4.33. The number of anilines is 1. The van der Waals surface area contributed by atoms with Crippen molar-refractivity contribution >= 4 is 32.6 Å². The van der Waals surface area contributed by atoms with Gasteiger partial charge in [0.2, 0.25) is 0 Å². The van der Waals surface area contributed by atoms with Gasteiger partial charge in [-0.25, -0.2) is 4.98 Å². The number of carbonyl (C=O) groups excluding carboxylic acids is 1. The van der Waals surface area contributed by atoms with Gasteiger partial charge in [0.25, 0.3) is 5.91 Å². The summed E-state index contributed by atoms with van der Waals surface area (Å²) in [6.07, 6.45) is 2.59. The first-order chi connectivity index (χ1) is 14.6. The zero-order chi connectivity index (χ0) is 21.1. The normalized spacial score (nSPS) is 14.9. The monoisotopic (exact) mass is 429 g/mol. The van der Waals surface area contributed by atoms with Crippen molar-refractivity contribution in [1.82, 2.24) is 19.7 Å². The predicted molar refractivity (Wildman–Crippen MR) is 118 cm³/mol. The van der Waals surface area contributed by atoms with Crippen molar-refractivity contribution in [2.45, 2.75) is 13.3 Å². The Labute approximate surface area is 180 Å². The number of benzene rings is 1. The summed E-state index contributed by atoms with van der Waals surface area (Å²) in [7, 11) is 3.44. The molecular formula is C21H27N5O3S. The largest absolute Gasteiger partial charge is 0.497 e. The maximum absolute atomic E-state index is 13.5. The van der Waals surface area contributed by atoms with Crippen molar-refractivity contribution < 1.29 is 14.3 Å². The number of thiazole rings is 1. The lowest BCUT2D eigenvalue weighted by Gasteiger charge is -2.27. The van der Waals surface area contributed by atoms with Crippen LogP contribution in [0.25, 0.3) is 10.2 Å². The average molecular weight is 430 g/mol. The van der Waals surface area contributed by atoms with Gasteiger partial charge in [0.05, 0.1) is 36.7 Å². The van der Waals surface area contributed by atoms with Crippen molar-refractivity contribution in [3.63, 3.8) is 0 Å². The quantitative estimate of drug-likeness (QED) is 0.575. The molecule has 0 N–H and O–H groups in total. The highest BCUT2D eigenvalue weighted by molar-refractivity contribution is 7.22. The third-order valence-electron chi connectivity index (χ3n) is 5.34. The number of ether oxygens (including phenoxy) is 2. The summed E-state index contributed by atoms with van der Waals surface area (Å²) in [5, 5.41) is 4.95. The highest BCUT2D eigenvalue weighted by atomic mass is 32.1. The summed E-state index contributed by atoms with van der Waals surface area (Å²) < 4.78 is 13.4.